The molecule has 1 unspecified atom stereocenters. The first-order valence-electron chi connectivity index (χ1n) is 7.16. The molecule has 0 aliphatic heterocycles. The van der Waals surface area contributed by atoms with Crippen molar-refractivity contribution in [2.45, 2.75) is 56.7 Å². The molecule has 1 atom stereocenters. The molecule has 1 fully saturated rings. The van der Waals surface area contributed by atoms with Gasteiger partial charge in [0.1, 0.15) is 0 Å². The van der Waals surface area contributed by atoms with Crippen molar-refractivity contribution in [1.82, 2.24) is 9.47 Å². The first kappa shape index (κ1) is 12.2. The van der Waals surface area contributed by atoms with Crippen molar-refractivity contribution in [3.05, 3.63) is 23.5 Å². The van der Waals surface area contributed by atoms with Gasteiger partial charge in [0.25, 0.3) is 0 Å². The molecule has 1 aromatic rings. The molecule has 3 heteroatoms. The Labute approximate surface area is 109 Å². The van der Waals surface area contributed by atoms with E-state index in [-0.39, 0.29) is 6.10 Å². The van der Waals surface area contributed by atoms with Crippen molar-refractivity contribution >= 4 is 0 Å². The summed E-state index contributed by atoms with van der Waals surface area (Å²) in [6.07, 6.45) is 9.08. The van der Waals surface area contributed by atoms with E-state index in [1.165, 1.54) is 30.5 Å². The van der Waals surface area contributed by atoms with Crippen LogP contribution in [0.2, 0.25) is 0 Å². The Hall–Kier alpha value is -0.800. The van der Waals surface area contributed by atoms with Gasteiger partial charge in [-0.2, -0.15) is 0 Å². The molecule has 0 saturated heterocycles. The van der Waals surface area contributed by atoms with Gasteiger partial charge in [-0.25, -0.2) is 0 Å². The van der Waals surface area contributed by atoms with Crippen LogP contribution in [0, 0.1) is 0 Å². The lowest BCUT2D eigenvalue weighted by molar-refractivity contribution is 0.0413. The fourth-order valence-electron chi connectivity index (χ4n) is 3.53. The molecular formula is C15H24N2O. The fraction of sp³-hybridized carbons (Fsp3) is 0.733. The lowest BCUT2D eigenvalue weighted by atomic mass is 9.75. The zero-order chi connectivity index (χ0) is 12.8. The van der Waals surface area contributed by atoms with Crippen LogP contribution in [0.15, 0.2) is 12.3 Å². The first-order chi connectivity index (χ1) is 8.62. The summed E-state index contributed by atoms with van der Waals surface area (Å²) in [5.41, 5.74) is 2.91. The van der Waals surface area contributed by atoms with E-state index >= 15 is 0 Å². The van der Waals surface area contributed by atoms with Gasteiger partial charge in [-0.15, -0.1) is 0 Å². The van der Waals surface area contributed by atoms with Crippen LogP contribution in [-0.4, -0.2) is 34.2 Å². The summed E-state index contributed by atoms with van der Waals surface area (Å²) in [6, 6.07) is 2.13. The molecule has 0 radical (unpaired) electrons. The Bertz CT molecular complexity index is 432. The minimum Gasteiger partial charge on any atom is -0.388 e. The maximum Gasteiger partial charge on any atom is 0.0807 e. The standard InChI is InChI=1S/C15H24N2O/c1-16(2)15(8-4-9-15)11-17-10-7-12-13(17)5-3-6-14(12)18/h7,10,14,18H,3-6,8-9,11H2,1-2H3. The van der Waals surface area contributed by atoms with E-state index in [2.05, 4.69) is 35.8 Å². The van der Waals surface area contributed by atoms with Gasteiger partial charge in [0.15, 0.2) is 0 Å². The summed E-state index contributed by atoms with van der Waals surface area (Å²) in [4.78, 5) is 2.39. The summed E-state index contributed by atoms with van der Waals surface area (Å²) >= 11 is 0. The summed E-state index contributed by atoms with van der Waals surface area (Å²) < 4.78 is 2.40. The number of aromatic nitrogens is 1. The van der Waals surface area contributed by atoms with Crippen molar-refractivity contribution in [1.29, 1.82) is 0 Å². The normalized spacial score (nSPS) is 25.9. The Morgan fingerprint density at radius 2 is 2.17 bits per heavy atom. The Kier molecular flexibility index (Phi) is 2.99. The van der Waals surface area contributed by atoms with E-state index in [0.717, 1.165) is 25.8 Å². The molecule has 3 nitrogen and oxygen atoms in total. The van der Waals surface area contributed by atoms with Gasteiger partial charge in [0.05, 0.1) is 6.10 Å². The third-order valence-electron chi connectivity index (χ3n) is 5.06. The topological polar surface area (TPSA) is 28.4 Å². The van der Waals surface area contributed by atoms with Crippen LogP contribution in [0.5, 0.6) is 0 Å². The highest BCUT2D eigenvalue weighted by Gasteiger charge is 2.40. The molecule has 0 spiro atoms. The maximum atomic E-state index is 10.0. The molecule has 0 bridgehead atoms. The summed E-state index contributed by atoms with van der Waals surface area (Å²) in [5.74, 6) is 0. The number of aliphatic hydroxyl groups is 1. The molecule has 18 heavy (non-hydrogen) atoms. The van der Waals surface area contributed by atoms with Gasteiger partial charge in [-0.1, -0.05) is 0 Å². The maximum absolute atomic E-state index is 10.0. The van der Waals surface area contributed by atoms with Crippen LogP contribution >= 0.6 is 0 Å². The van der Waals surface area contributed by atoms with Gasteiger partial charge in [-0.05, 0) is 58.7 Å². The third-order valence-corrected chi connectivity index (χ3v) is 5.06. The van der Waals surface area contributed by atoms with E-state index < -0.39 is 0 Å². The van der Waals surface area contributed by atoms with Gasteiger partial charge in [-0.3, -0.25) is 0 Å². The zero-order valence-corrected chi connectivity index (χ0v) is 11.5. The highest BCUT2D eigenvalue weighted by atomic mass is 16.3. The van der Waals surface area contributed by atoms with Crippen LogP contribution in [0.4, 0.5) is 0 Å². The lowest BCUT2D eigenvalue weighted by Gasteiger charge is -2.48. The minimum absolute atomic E-state index is 0.230. The lowest BCUT2D eigenvalue weighted by Crippen LogP contribution is -2.53. The molecule has 100 valence electrons. The van der Waals surface area contributed by atoms with Crippen LogP contribution in [0.1, 0.15) is 49.5 Å². The number of aliphatic hydroxyl groups excluding tert-OH is 1. The quantitative estimate of drug-likeness (QED) is 0.889. The van der Waals surface area contributed by atoms with Gasteiger partial charge in [0, 0.05) is 29.5 Å². The molecule has 0 aromatic carbocycles. The summed E-state index contributed by atoms with van der Waals surface area (Å²) in [7, 11) is 4.40. The smallest absolute Gasteiger partial charge is 0.0807 e. The molecule has 2 aliphatic carbocycles. The monoisotopic (exact) mass is 248 g/mol. The number of likely N-dealkylation sites (N-methyl/N-ethyl adjacent to an activating group) is 1. The first-order valence-corrected chi connectivity index (χ1v) is 7.16. The molecular weight excluding hydrogens is 224 g/mol. The second-order valence-corrected chi connectivity index (χ2v) is 6.23. The molecule has 1 N–H and O–H groups in total. The SMILES string of the molecule is CN(C)C1(Cn2ccc3c2CCCC3O)CCC1. The summed E-state index contributed by atoms with van der Waals surface area (Å²) in [5, 5.41) is 10.0. The van der Waals surface area contributed by atoms with Crippen LogP contribution in [0.3, 0.4) is 0 Å². The Morgan fingerprint density at radius 1 is 1.39 bits per heavy atom. The minimum atomic E-state index is -0.230. The van der Waals surface area contributed by atoms with Crippen LogP contribution < -0.4 is 0 Å². The second-order valence-electron chi connectivity index (χ2n) is 6.23. The van der Waals surface area contributed by atoms with Crippen molar-refractivity contribution in [3.63, 3.8) is 0 Å². The highest BCUT2D eigenvalue weighted by Crippen LogP contribution is 2.39. The Morgan fingerprint density at radius 3 is 2.78 bits per heavy atom. The number of fused-ring (bicyclic) bond motifs is 1. The molecule has 2 aliphatic rings. The predicted octanol–water partition coefficient (Wildman–Crippen LogP) is 2.34. The Balaban J connectivity index is 1.85. The van der Waals surface area contributed by atoms with E-state index in [1.54, 1.807) is 0 Å². The number of hydrogen-bond acceptors (Lipinski definition) is 2. The van der Waals surface area contributed by atoms with Crippen molar-refractivity contribution < 1.29 is 5.11 Å². The average Bonchev–Trinajstić information content (AvgIpc) is 2.67. The molecule has 0 amide bonds. The van der Waals surface area contributed by atoms with Crippen molar-refractivity contribution in [2.24, 2.45) is 0 Å². The second kappa shape index (κ2) is 4.39. The van der Waals surface area contributed by atoms with Gasteiger partial charge < -0.3 is 14.6 Å². The molecule has 1 aromatic heterocycles. The van der Waals surface area contributed by atoms with Gasteiger partial charge in [0.2, 0.25) is 0 Å². The zero-order valence-electron chi connectivity index (χ0n) is 11.5. The molecule has 1 saturated carbocycles. The van der Waals surface area contributed by atoms with E-state index in [9.17, 15) is 5.11 Å². The van der Waals surface area contributed by atoms with E-state index in [4.69, 9.17) is 0 Å². The number of nitrogens with zero attached hydrogens (tertiary/aromatic N) is 2. The average molecular weight is 248 g/mol. The van der Waals surface area contributed by atoms with Crippen molar-refractivity contribution in [2.75, 3.05) is 14.1 Å². The van der Waals surface area contributed by atoms with Crippen molar-refractivity contribution in [3.8, 4) is 0 Å². The van der Waals surface area contributed by atoms with Crippen LogP contribution in [0.25, 0.3) is 0 Å². The van der Waals surface area contributed by atoms with E-state index in [0.29, 0.717) is 5.54 Å². The van der Waals surface area contributed by atoms with Crippen LogP contribution in [-0.2, 0) is 13.0 Å². The largest absolute Gasteiger partial charge is 0.388 e. The molecule has 1 heterocycles. The van der Waals surface area contributed by atoms with E-state index in [1.807, 2.05) is 0 Å². The highest BCUT2D eigenvalue weighted by molar-refractivity contribution is 5.27. The number of rotatable bonds is 3. The number of hydrogen-bond donors (Lipinski definition) is 1. The summed E-state index contributed by atoms with van der Waals surface area (Å²) in [6.45, 7) is 1.09. The predicted molar refractivity (Wildman–Crippen MR) is 72.6 cm³/mol. The third kappa shape index (κ3) is 1.81. The van der Waals surface area contributed by atoms with Gasteiger partial charge >= 0.3 is 0 Å². The molecule has 3 rings (SSSR count). The fourth-order valence-corrected chi connectivity index (χ4v) is 3.53.